The number of thiophene rings is 2. The molecular formula is C17H15F3N4OS2. The van der Waals surface area contributed by atoms with Crippen molar-refractivity contribution in [3.8, 4) is 0 Å². The molecule has 0 unspecified atom stereocenters. The Morgan fingerprint density at radius 1 is 1.30 bits per heavy atom. The molecule has 0 spiro atoms. The Hall–Kier alpha value is -2.33. The highest BCUT2D eigenvalue weighted by atomic mass is 32.1. The second kappa shape index (κ2) is 7.01. The third-order valence-corrected chi connectivity index (χ3v) is 6.17. The summed E-state index contributed by atoms with van der Waals surface area (Å²) < 4.78 is 41.7. The molecule has 0 radical (unpaired) electrons. The number of alkyl halides is 3. The van der Waals surface area contributed by atoms with E-state index in [0.29, 0.717) is 6.54 Å². The molecule has 27 heavy (non-hydrogen) atoms. The normalized spacial score (nSPS) is 19.4. The van der Waals surface area contributed by atoms with Crippen molar-refractivity contribution in [2.75, 3.05) is 5.32 Å². The number of hydrogen-bond acceptors (Lipinski definition) is 5. The van der Waals surface area contributed by atoms with Gasteiger partial charge in [0.2, 0.25) is 0 Å². The summed E-state index contributed by atoms with van der Waals surface area (Å²) in [6.45, 7) is 0.312. The first-order chi connectivity index (χ1) is 12.9. The molecule has 0 aromatic carbocycles. The van der Waals surface area contributed by atoms with E-state index in [-0.39, 0.29) is 17.9 Å². The molecule has 1 amide bonds. The molecule has 0 bridgehead atoms. The van der Waals surface area contributed by atoms with Gasteiger partial charge in [0.15, 0.2) is 11.7 Å². The zero-order chi connectivity index (χ0) is 19.0. The standard InChI is InChI=1S/C17H15F3N4OS2/c18-17(19,20)14-7-11(13-4-2-6-27-13)22-15-8-12(23-24(14)15)16(25)21-9-10-3-1-5-26-10/h1-6,8,11,14,22H,7,9H2,(H,21,25)/t11-,14+/m0/s1. The Kier molecular flexibility index (Phi) is 4.68. The first kappa shape index (κ1) is 18.1. The van der Waals surface area contributed by atoms with E-state index < -0.39 is 24.2 Å². The van der Waals surface area contributed by atoms with Gasteiger partial charge in [0.1, 0.15) is 5.82 Å². The van der Waals surface area contributed by atoms with Crippen molar-refractivity contribution < 1.29 is 18.0 Å². The SMILES string of the molecule is O=C(NCc1cccs1)c1cc2n(n1)[C@@H](C(F)(F)F)C[C@@H](c1cccs1)N2. The summed E-state index contributed by atoms with van der Waals surface area (Å²) >= 11 is 2.89. The van der Waals surface area contributed by atoms with E-state index >= 15 is 0 Å². The monoisotopic (exact) mass is 412 g/mol. The van der Waals surface area contributed by atoms with Crippen molar-refractivity contribution in [3.05, 3.63) is 56.5 Å². The largest absolute Gasteiger partial charge is 0.410 e. The first-order valence-electron chi connectivity index (χ1n) is 8.18. The van der Waals surface area contributed by atoms with Gasteiger partial charge in [-0.2, -0.15) is 18.3 Å². The first-order valence-corrected chi connectivity index (χ1v) is 9.94. The van der Waals surface area contributed by atoms with Crippen LogP contribution in [-0.2, 0) is 6.54 Å². The van der Waals surface area contributed by atoms with E-state index in [1.165, 1.54) is 28.7 Å². The fourth-order valence-corrected chi connectivity index (χ4v) is 4.47. The van der Waals surface area contributed by atoms with Crippen molar-refractivity contribution in [3.63, 3.8) is 0 Å². The molecule has 4 rings (SSSR count). The predicted molar refractivity (Wildman–Crippen MR) is 98.1 cm³/mol. The maximum absolute atomic E-state index is 13.6. The Morgan fingerprint density at radius 3 is 2.74 bits per heavy atom. The van der Waals surface area contributed by atoms with Crippen LogP contribution in [0.15, 0.2) is 41.1 Å². The van der Waals surface area contributed by atoms with Gasteiger partial charge < -0.3 is 10.6 Å². The maximum atomic E-state index is 13.6. The fourth-order valence-electron chi connectivity index (χ4n) is 3.03. The second-order valence-electron chi connectivity index (χ2n) is 6.13. The molecule has 4 heterocycles. The van der Waals surface area contributed by atoms with Crippen LogP contribution in [0.25, 0.3) is 0 Å². The van der Waals surface area contributed by atoms with Crippen LogP contribution in [0, 0.1) is 0 Å². The predicted octanol–water partition coefficient (Wildman–Crippen LogP) is 4.60. The molecule has 2 N–H and O–H groups in total. The number of amides is 1. The fraction of sp³-hybridized carbons (Fsp3) is 0.294. The van der Waals surface area contributed by atoms with E-state index in [2.05, 4.69) is 15.7 Å². The molecule has 3 aromatic rings. The van der Waals surface area contributed by atoms with Crippen LogP contribution in [0.3, 0.4) is 0 Å². The van der Waals surface area contributed by atoms with Crippen molar-refractivity contribution in [1.82, 2.24) is 15.1 Å². The lowest BCUT2D eigenvalue weighted by Crippen LogP contribution is -2.35. The molecule has 0 saturated carbocycles. The Labute approximate surface area is 160 Å². The van der Waals surface area contributed by atoms with Crippen LogP contribution in [-0.4, -0.2) is 21.9 Å². The summed E-state index contributed by atoms with van der Waals surface area (Å²) in [5.74, 6) is -0.302. The van der Waals surface area contributed by atoms with Gasteiger partial charge in [0.25, 0.3) is 5.91 Å². The van der Waals surface area contributed by atoms with Crippen molar-refractivity contribution >= 4 is 34.4 Å². The van der Waals surface area contributed by atoms with Crippen LogP contribution >= 0.6 is 22.7 Å². The van der Waals surface area contributed by atoms with Gasteiger partial charge in [0.05, 0.1) is 12.6 Å². The lowest BCUT2D eigenvalue weighted by molar-refractivity contribution is -0.173. The number of carbonyl (C=O) groups is 1. The number of rotatable bonds is 4. The number of hydrogen-bond donors (Lipinski definition) is 2. The third kappa shape index (κ3) is 3.72. The highest BCUT2D eigenvalue weighted by Crippen LogP contribution is 2.44. The number of halogens is 3. The third-order valence-electron chi connectivity index (χ3n) is 4.31. The summed E-state index contributed by atoms with van der Waals surface area (Å²) in [6, 6.07) is 6.47. The summed E-state index contributed by atoms with van der Waals surface area (Å²) in [6.07, 6.45) is -4.63. The van der Waals surface area contributed by atoms with Gasteiger partial charge in [-0.15, -0.1) is 22.7 Å². The molecule has 142 valence electrons. The summed E-state index contributed by atoms with van der Waals surface area (Å²) in [5, 5.41) is 13.4. The number of carbonyl (C=O) groups excluding carboxylic acids is 1. The molecule has 5 nitrogen and oxygen atoms in total. The summed E-state index contributed by atoms with van der Waals surface area (Å²) in [5.41, 5.74) is -0.0323. The number of anilines is 1. The average Bonchev–Trinajstić information content (AvgIpc) is 3.38. The lowest BCUT2D eigenvalue weighted by atomic mass is 10.0. The maximum Gasteiger partial charge on any atom is 0.410 e. The highest BCUT2D eigenvalue weighted by Gasteiger charge is 2.47. The average molecular weight is 412 g/mol. The molecule has 1 aliphatic rings. The summed E-state index contributed by atoms with van der Waals surface area (Å²) in [7, 11) is 0. The molecule has 0 aliphatic carbocycles. The van der Waals surface area contributed by atoms with Crippen LogP contribution in [0.5, 0.6) is 0 Å². The second-order valence-corrected chi connectivity index (χ2v) is 8.14. The van der Waals surface area contributed by atoms with Crippen molar-refractivity contribution in [1.29, 1.82) is 0 Å². The van der Waals surface area contributed by atoms with Gasteiger partial charge >= 0.3 is 6.18 Å². The molecule has 0 fully saturated rings. The van der Waals surface area contributed by atoms with Gasteiger partial charge in [0, 0.05) is 22.2 Å². The van der Waals surface area contributed by atoms with Gasteiger partial charge in [-0.25, -0.2) is 4.68 Å². The van der Waals surface area contributed by atoms with E-state index in [1.807, 2.05) is 22.9 Å². The molecular weight excluding hydrogens is 397 g/mol. The molecule has 3 aromatic heterocycles. The minimum absolute atomic E-state index is 0.0323. The number of nitrogens with one attached hydrogen (secondary N) is 2. The van der Waals surface area contributed by atoms with Gasteiger partial charge in [-0.1, -0.05) is 12.1 Å². The van der Waals surface area contributed by atoms with Crippen LogP contribution in [0.1, 0.15) is 38.7 Å². The molecule has 2 atom stereocenters. The molecule has 10 heteroatoms. The Morgan fingerprint density at radius 2 is 2.07 bits per heavy atom. The Balaban J connectivity index is 1.58. The zero-order valence-electron chi connectivity index (χ0n) is 13.9. The van der Waals surface area contributed by atoms with Crippen LogP contribution in [0.2, 0.25) is 0 Å². The Bertz CT molecular complexity index is 919. The minimum atomic E-state index is -4.46. The molecule has 1 aliphatic heterocycles. The van der Waals surface area contributed by atoms with Crippen molar-refractivity contribution in [2.24, 2.45) is 0 Å². The topological polar surface area (TPSA) is 59.0 Å². The summed E-state index contributed by atoms with van der Waals surface area (Å²) in [4.78, 5) is 14.1. The van der Waals surface area contributed by atoms with E-state index in [9.17, 15) is 18.0 Å². The van der Waals surface area contributed by atoms with Crippen LogP contribution in [0.4, 0.5) is 19.0 Å². The smallest absolute Gasteiger partial charge is 0.363 e. The zero-order valence-corrected chi connectivity index (χ0v) is 15.5. The number of aromatic nitrogens is 2. The van der Waals surface area contributed by atoms with E-state index in [1.54, 1.807) is 12.1 Å². The quantitative estimate of drug-likeness (QED) is 0.659. The van der Waals surface area contributed by atoms with E-state index in [0.717, 1.165) is 14.4 Å². The van der Waals surface area contributed by atoms with E-state index in [4.69, 9.17) is 0 Å². The van der Waals surface area contributed by atoms with Crippen molar-refractivity contribution in [2.45, 2.75) is 31.2 Å². The van der Waals surface area contributed by atoms with Gasteiger partial charge in [-0.3, -0.25) is 4.79 Å². The minimum Gasteiger partial charge on any atom is -0.363 e. The highest BCUT2D eigenvalue weighted by molar-refractivity contribution is 7.10. The molecule has 0 saturated heterocycles. The lowest BCUT2D eigenvalue weighted by Gasteiger charge is -2.32. The van der Waals surface area contributed by atoms with Crippen LogP contribution < -0.4 is 10.6 Å². The number of fused-ring (bicyclic) bond motifs is 1. The van der Waals surface area contributed by atoms with Gasteiger partial charge in [-0.05, 0) is 22.9 Å². The number of nitrogens with zero attached hydrogens (tertiary/aromatic N) is 2.